The lowest BCUT2D eigenvalue weighted by molar-refractivity contribution is -0.116. The van der Waals surface area contributed by atoms with Gasteiger partial charge in [0, 0.05) is 23.9 Å². The van der Waals surface area contributed by atoms with Crippen LogP contribution in [0.4, 0.5) is 0 Å². The van der Waals surface area contributed by atoms with E-state index in [9.17, 15) is 4.79 Å². The molecule has 4 rings (SSSR count). The summed E-state index contributed by atoms with van der Waals surface area (Å²) in [6.07, 6.45) is 5.86. The molecule has 0 radical (unpaired) electrons. The molecule has 1 N–H and O–H groups in total. The van der Waals surface area contributed by atoms with Crippen LogP contribution in [0, 0.1) is 13.8 Å². The number of hydrogen-bond acceptors (Lipinski definition) is 4. The van der Waals surface area contributed by atoms with E-state index in [4.69, 9.17) is 4.74 Å². The Morgan fingerprint density at radius 3 is 2.61 bits per heavy atom. The highest BCUT2D eigenvalue weighted by molar-refractivity contribution is 5.92. The third kappa shape index (κ3) is 5.34. The number of rotatable bonds is 8. The van der Waals surface area contributed by atoms with Crippen molar-refractivity contribution in [3.05, 3.63) is 83.2 Å². The molecule has 0 saturated carbocycles. The number of para-hydroxylation sites is 1. The van der Waals surface area contributed by atoms with Gasteiger partial charge in [0.05, 0.1) is 24.5 Å². The van der Waals surface area contributed by atoms with Crippen LogP contribution in [0.3, 0.4) is 0 Å². The third-order valence-electron chi connectivity index (χ3n) is 6.28. The number of likely N-dealkylation sites (tertiary alicyclic amines) is 1. The van der Waals surface area contributed by atoms with Crippen molar-refractivity contribution in [1.29, 1.82) is 0 Å². The minimum Gasteiger partial charge on any atom is -0.497 e. The van der Waals surface area contributed by atoms with Crippen molar-refractivity contribution < 1.29 is 9.53 Å². The molecule has 1 aliphatic heterocycles. The number of amides is 1. The van der Waals surface area contributed by atoms with Gasteiger partial charge in [-0.2, -0.15) is 5.10 Å². The van der Waals surface area contributed by atoms with Crippen molar-refractivity contribution in [1.82, 2.24) is 20.0 Å². The molecule has 1 fully saturated rings. The number of ether oxygens (including phenoxy) is 1. The number of aryl methyl sites for hydroxylation is 1. The molecule has 2 heterocycles. The summed E-state index contributed by atoms with van der Waals surface area (Å²) in [6.45, 7) is 6.64. The molecule has 0 bridgehead atoms. The van der Waals surface area contributed by atoms with Crippen LogP contribution in [-0.2, 0) is 4.79 Å². The van der Waals surface area contributed by atoms with Crippen molar-refractivity contribution in [2.45, 2.75) is 32.7 Å². The first-order valence-electron chi connectivity index (χ1n) is 11.5. The van der Waals surface area contributed by atoms with Gasteiger partial charge in [-0.1, -0.05) is 30.3 Å². The highest BCUT2D eigenvalue weighted by atomic mass is 16.5. The maximum absolute atomic E-state index is 12.7. The number of aromatic nitrogens is 2. The number of carbonyl (C=O) groups excluding carboxylic acids is 1. The lowest BCUT2D eigenvalue weighted by atomic mass is 10.0. The fraction of sp³-hybridized carbons (Fsp3) is 0.333. The van der Waals surface area contributed by atoms with Gasteiger partial charge in [0.15, 0.2) is 0 Å². The molecule has 0 aliphatic carbocycles. The number of benzene rings is 2. The van der Waals surface area contributed by atoms with Gasteiger partial charge in [-0.15, -0.1) is 0 Å². The summed E-state index contributed by atoms with van der Waals surface area (Å²) in [6, 6.07) is 18.3. The van der Waals surface area contributed by atoms with Crippen LogP contribution in [0.2, 0.25) is 0 Å². The van der Waals surface area contributed by atoms with Gasteiger partial charge in [0.2, 0.25) is 5.91 Å². The van der Waals surface area contributed by atoms with E-state index in [2.05, 4.69) is 27.4 Å². The zero-order valence-corrected chi connectivity index (χ0v) is 19.6. The maximum atomic E-state index is 12.7. The molecule has 0 spiro atoms. The lowest BCUT2D eigenvalue weighted by Gasteiger charge is -2.28. The Balaban J connectivity index is 1.46. The van der Waals surface area contributed by atoms with Crippen molar-refractivity contribution >= 4 is 12.0 Å². The first kappa shape index (κ1) is 22.8. The molecule has 6 heteroatoms. The van der Waals surface area contributed by atoms with Crippen LogP contribution in [-0.4, -0.2) is 47.3 Å². The second kappa shape index (κ2) is 10.5. The molecule has 1 atom stereocenters. The first-order chi connectivity index (χ1) is 16.1. The molecule has 3 aromatic rings. The lowest BCUT2D eigenvalue weighted by Crippen LogP contribution is -2.36. The summed E-state index contributed by atoms with van der Waals surface area (Å²) in [7, 11) is 1.68. The Bertz CT molecular complexity index is 1110. The predicted molar refractivity (Wildman–Crippen MR) is 132 cm³/mol. The topological polar surface area (TPSA) is 59.4 Å². The zero-order chi connectivity index (χ0) is 23.2. The van der Waals surface area contributed by atoms with E-state index < -0.39 is 0 Å². The Morgan fingerprint density at radius 1 is 1.12 bits per heavy atom. The molecule has 1 aromatic heterocycles. The molecular weight excluding hydrogens is 412 g/mol. The van der Waals surface area contributed by atoms with Gasteiger partial charge in [0.25, 0.3) is 0 Å². The molecule has 1 unspecified atom stereocenters. The largest absolute Gasteiger partial charge is 0.497 e. The smallest absolute Gasteiger partial charge is 0.244 e. The fourth-order valence-corrected chi connectivity index (χ4v) is 4.49. The Hall–Kier alpha value is -3.38. The van der Waals surface area contributed by atoms with Gasteiger partial charge in [-0.05, 0) is 75.7 Å². The summed E-state index contributed by atoms with van der Waals surface area (Å²) in [5, 5.41) is 7.76. The summed E-state index contributed by atoms with van der Waals surface area (Å²) >= 11 is 0. The first-order valence-corrected chi connectivity index (χ1v) is 11.5. The molecular formula is C27H32N4O2. The van der Waals surface area contributed by atoms with Gasteiger partial charge >= 0.3 is 0 Å². The molecule has 33 heavy (non-hydrogen) atoms. The second-order valence-corrected chi connectivity index (χ2v) is 8.45. The standard InChI is InChI=1S/C27H32N4O2/c1-20-25(21(2)31(29-20)23-11-5-4-6-12-23)14-15-27(32)28-19-26(30-16-7-8-17-30)22-10-9-13-24(18-22)33-3/h4-6,9-15,18,26H,7-8,16-17,19H2,1-3H3,(H,28,32)/b15-14+. The maximum Gasteiger partial charge on any atom is 0.244 e. The highest BCUT2D eigenvalue weighted by Gasteiger charge is 2.24. The Morgan fingerprint density at radius 2 is 1.88 bits per heavy atom. The summed E-state index contributed by atoms with van der Waals surface area (Å²) in [5.74, 6) is 0.734. The summed E-state index contributed by atoms with van der Waals surface area (Å²) in [5.41, 5.74) is 5.05. The predicted octanol–water partition coefficient (Wildman–Crippen LogP) is 4.46. The number of methoxy groups -OCH3 is 1. The van der Waals surface area contributed by atoms with E-state index in [1.54, 1.807) is 13.2 Å². The molecule has 2 aromatic carbocycles. The summed E-state index contributed by atoms with van der Waals surface area (Å²) in [4.78, 5) is 15.2. The normalized spacial score (nSPS) is 15.1. The third-order valence-corrected chi connectivity index (χ3v) is 6.28. The monoisotopic (exact) mass is 444 g/mol. The highest BCUT2D eigenvalue weighted by Crippen LogP contribution is 2.27. The Labute approximate surface area is 195 Å². The van der Waals surface area contributed by atoms with Gasteiger partial charge in [0.1, 0.15) is 5.75 Å². The van der Waals surface area contributed by atoms with Crippen LogP contribution >= 0.6 is 0 Å². The van der Waals surface area contributed by atoms with Crippen molar-refractivity contribution in [2.24, 2.45) is 0 Å². The number of carbonyl (C=O) groups is 1. The second-order valence-electron chi connectivity index (χ2n) is 8.45. The van der Waals surface area contributed by atoms with E-state index in [0.717, 1.165) is 47.0 Å². The molecule has 6 nitrogen and oxygen atoms in total. The van der Waals surface area contributed by atoms with E-state index in [1.807, 2.05) is 67.1 Å². The van der Waals surface area contributed by atoms with Crippen LogP contribution < -0.4 is 10.1 Å². The van der Waals surface area contributed by atoms with Crippen molar-refractivity contribution in [2.75, 3.05) is 26.7 Å². The van der Waals surface area contributed by atoms with E-state index in [0.29, 0.717) is 6.54 Å². The average Bonchev–Trinajstić information content (AvgIpc) is 3.47. The number of hydrogen-bond donors (Lipinski definition) is 1. The minimum atomic E-state index is -0.103. The zero-order valence-electron chi connectivity index (χ0n) is 19.6. The van der Waals surface area contributed by atoms with Gasteiger partial charge in [-0.3, -0.25) is 9.69 Å². The average molecular weight is 445 g/mol. The molecule has 1 saturated heterocycles. The fourth-order valence-electron chi connectivity index (χ4n) is 4.49. The summed E-state index contributed by atoms with van der Waals surface area (Å²) < 4.78 is 7.33. The van der Waals surface area contributed by atoms with E-state index in [1.165, 1.54) is 12.8 Å². The SMILES string of the molecule is COc1cccc(C(CNC(=O)/C=C/c2c(C)nn(-c3ccccc3)c2C)N2CCCC2)c1. The van der Waals surface area contributed by atoms with E-state index >= 15 is 0 Å². The minimum absolute atomic E-state index is 0.103. The number of nitrogens with zero attached hydrogens (tertiary/aromatic N) is 3. The molecule has 1 aliphatic rings. The van der Waals surface area contributed by atoms with Crippen molar-refractivity contribution in [3.8, 4) is 11.4 Å². The van der Waals surface area contributed by atoms with Crippen molar-refractivity contribution in [3.63, 3.8) is 0 Å². The van der Waals surface area contributed by atoms with Crippen LogP contribution in [0.15, 0.2) is 60.7 Å². The van der Waals surface area contributed by atoms with Crippen LogP contribution in [0.25, 0.3) is 11.8 Å². The molecule has 172 valence electrons. The van der Waals surface area contributed by atoms with Crippen LogP contribution in [0.1, 0.15) is 41.4 Å². The van der Waals surface area contributed by atoms with Gasteiger partial charge in [-0.25, -0.2) is 4.68 Å². The Kier molecular flexibility index (Phi) is 7.25. The van der Waals surface area contributed by atoms with E-state index in [-0.39, 0.29) is 11.9 Å². The van der Waals surface area contributed by atoms with Crippen LogP contribution in [0.5, 0.6) is 5.75 Å². The molecule has 1 amide bonds. The quantitative estimate of drug-likeness (QED) is 0.521. The number of nitrogens with one attached hydrogen (secondary N) is 1. The van der Waals surface area contributed by atoms with Gasteiger partial charge < -0.3 is 10.1 Å².